The third-order valence-electron chi connectivity index (χ3n) is 3.47. The van der Waals surface area contributed by atoms with Gasteiger partial charge in [0.25, 0.3) is 0 Å². The molecule has 0 radical (unpaired) electrons. The zero-order valence-electron chi connectivity index (χ0n) is 11.4. The zero-order chi connectivity index (χ0) is 13.7. The van der Waals surface area contributed by atoms with Crippen LogP contribution in [0.3, 0.4) is 0 Å². The summed E-state index contributed by atoms with van der Waals surface area (Å²) in [5, 5.41) is 4.24. The standard InChI is InChI=1S/C13H22N2O2S2/c1-2-3-10-19(16,17)15-7-5-14(6-8-15)11-13-4-9-18-12-13/h4,9,12H,2-3,5-8,10-11H2,1H3. The topological polar surface area (TPSA) is 40.6 Å². The van der Waals surface area contributed by atoms with Gasteiger partial charge in [-0.05, 0) is 28.8 Å². The molecule has 4 nitrogen and oxygen atoms in total. The Balaban J connectivity index is 1.82. The van der Waals surface area contributed by atoms with Crippen molar-refractivity contribution in [3.8, 4) is 0 Å². The van der Waals surface area contributed by atoms with Gasteiger partial charge in [-0.25, -0.2) is 8.42 Å². The third-order valence-corrected chi connectivity index (χ3v) is 6.16. The minimum Gasteiger partial charge on any atom is -0.296 e. The van der Waals surface area contributed by atoms with Gasteiger partial charge in [0.05, 0.1) is 5.75 Å². The van der Waals surface area contributed by atoms with E-state index in [9.17, 15) is 8.42 Å². The molecule has 2 rings (SSSR count). The van der Waals surface area contributed by atoms with Crippen LogP contribution in [0.5, 0.6) is 0 Å². The summed E-state index contributed by atoms with van der Waals surface area (Å²) in [5.41, 5.74) is 1.33. The minimum absolute atomic E-state index is 0.300. The van der Waals surface area contributed by atoms with E-state index in [2.05, 4.69) is 21.7 Å². The molecule has 0 amide bonds. The Hall–Kier alpha value is -0.430. The number of sulfonamides is 1. The van der Waals surface area contributed by atoms with E-state index in [0.717, 1.165) is 32.5 Å². The number of nitrogens with zero attached hydrogens (tertiary/aromatic N) is 2. The third kappa shape index (κ3) is 4.27. The molecular weight excluding hydrogens is 280 g/mol. The lowest BCUT2D eigenvalue weighted by Gasteiger charge is -2.33. The first-order valence-electron chi connectivity index (χ1n) is 6.83. The predicted octanol–water partition coefficient (Wildman–Crippen LogP) is 2.00. The number of rotatable bonds is 6. The number of hydrogen-bond acceptors (Lipinski definition) is 4. The molecule has 0 spiro atoms. The molecule has 0 unspecified atom stereocenters. The van der Waals surface area contributed by atoms with Gasteiger partial charge in [-0.2, -0.15) is 15.6 Å². The average molecular weight is 302 g/mol. The number of unbranched alkanes of at least 4 members (excludes halogenated alkanes) is 1. The van der Waals surface area contributed by atoms with Gasteiger partial charge in [0.15, 0.2) is 0 Å². The molecule has 0 aromatic carbocycles. The summed E-state index contributed by atoms with van der Waals surface area (Å²) in [5.74, 6) is 0.300. The van der Waals surface area contributed by atoms with Gasteiger partial charge in [0.1, 0.15) is 0 Å². The smallest absolute Gasteiger partial charge is 0.214 e. The monoisotopic (exact) mass is 302 g/mol. The molecule has 1 saturated heterocycles. The van der Waals surface area contributed by atoms with Gasteiger partial charge in [0, 0.05) is 32.7 Å². The fourth-order valence-corrected chi connectivity index (χ4v) is 4.55. The van der Waals surface area contributed by atoms with E-state index >= 15 is 0 Å². The van der Waals surface area contributed by atoms with Crippen molar-refractivity contribution < 1.29 is 8.42 Å². The van der Waals surface area contributed by atoms with Crippen LogP contribution in [0.4, 0.5) is 0 Å². The summed E-state index contributed by atoms with van der Waals surface area (Å²) in [4.78, 5) is 2.33. The summed E-state index contributed by atoms with van der Waals surface area (Å²) in [6.45, 7) is 5.90. The van der Waals surface area contributed by atoms with Crippen molar-refractivity contribution in [2.45, 2.75) is 26.3 Å². The highest BCUT2D eigenvalue weighted by Gasteiger charge is 2.26. The maximum atomic E-state index is 12.1. The van der Waals surface area contributed by atoms with Crippen molar-refractivity contribution in [2.24, 2.45) is 0 Å². The summed E-state index contributed by atoms with van der Waals surface area (Å²) < 4.78 is 25.8. The van der Waals surface area contributed by atoms with Gasteiger partial charge < -0.3 is 0 Å². The van der Waals surface area contributed by atoms with Gasteiger partial charge in [-0.3, -0.25) is 4.90 Å². The van der Waals surface area contributed by atoms with Crippen LogP contribution in [0.25, 0.3) is 0 Å². The maximum absolute atomic E-state index is 12.1. The van der Waals surface area contributed by atoms with E-state index in [1.165, 1.54) is 5.56 Å². The van der Waals surface area contributed by atoms with E-state index in [4.69, 9.17) is 0 Å². The molecular formula is C13H22N2O2S2. The molecule has 1 aromatic rings. The van der Waals surface area contributed by atoms with Crippen LogP contribution in [-0.4, -0.2) is 49.6 Å². The molecule has 0 saturated carbocycles. The molecule has 1 aliphatic rings. The highest BCUT2D eigenvalue weighted by atomic mass is 32.2. The largest absolute Gasteiger partial charge is 0.296 e. The lowest BCUT2D eigenvalue weighted by Crippen LogP contribution is -2.48. The zero-order valence-corrected chi connectivity index (χ0v) is 13.0. The Bertz CT molecular complexity index is 463. The van der Waals surface area contributed by atoms with Crippen molar-refractivity contribution in [1.29, 1.82) is 0 Å². The van der Waals surface area contributed by atoms with E-state index in [1.807, 2.05) is 6.92 Å². The minimum atomic E-state index is -3.02. The van der Waals surface area contributed by atoms with Crippen molar-refractivity contribution >= 4 is 21.4 Å². The summed E-state index contributed by atoms with van der Waals surface area (Å²) in [7, 11) is -3.02. The van der Waals surface area contributed by atoms with Crippen LogP contribution in [0.1, 0.15) is 25.3 Å². The fraction of sp³-hybridized carbons (Fsp3) is 0.692. The number of hydrogen-bond donors (Lipinski definition) is 0. The quantitative estimate of drug-likeness (QED) is 0.807. The number of piperazine rings is 1. The van der Waals surface area contributed by atoms with E-state index < -0.39 is 10.0 Å². The fourth-order valence-electron chi connectivity index (χ4n) is 2.26. The number of thiophene rings is 1. The highest BCUT2D eigenvalue weighted by Crippen LogP contribution is 2.14. The van der Waals surface area contributed by atoms with Gasteiger partial charge in [-0.1, -0.05) is 13.3 Å². The Morgan fingerprint density at radius 2 is 2.00 bits per heavy atom. The molecule has 0 N–H and O–H groups in total. The first-order valence-corrected chi connectivity index (χ1v) is 9.38. The normalized spacial score (nSPS) is 18.8. The molecule has 0 aliphatic carbocycles. The van der Waals surface area contributed by atoms with Crippen LogP contribution in [0, 0.1) is 0 Å². The molecule has 0 atom stereocenters. The first kappa shape index (κ1) is 15.0. The molecule has 108 valence electrons. The molecule has 19 heavy (non-hydrogen) atoms. The lowest BCUT2D eigenvalue weighted by atomic mass is 10.3. The summed E-state index contributed by atoms with van der Waals surface area (Å²) in [6.07, 6.45) is 1.69. The highest BCUT2D eigenvalue weighted by molar-refractivity contribution is 7.89. The van der Waals surface area contributed by atoms with Crippen LogP contribution in [0.2, 0.25) is 0 Å². The Morgan fingerprint density at radius 3 is 2.58 bits per heavy atom. The average Bonchev–Trinajstić information content (AvgIpc) is 2.90. The Kier molecular flexibility index (Phi) is 5.38. The molecule has 1 aromatic heterocycles. The molecule has 1 fully saturated rings. The van der Waals surface area contributed by atoms with Crippen LogP contribution in [-0.2, 0) is 16.6 Å². The van der Waals surface area contributed by atoms with Gasteiger partial charge >= 0.3 is 0 Å². The van der Waals surface area contributed by atoms with Crippen molar-refractivity contribution in [3.05, 3.63) is 22.4 Å². The van der Waals surface area contributed by atoms with Crippen molar-refractivity contribution in [1.82, 2.24) is 9.21 Å². The van der Waals surface area contributed by atoms with E-state index in [0.29, 0.717) is 18.8 Å². The Morgan fingerprint density at radius 1 is 1.26 bits per heavy atom. The maximum Gasteiger partial charge on any atom is 0.214 e. The second-order valence-corrected chi connectivity index (χ2v) is 7.84. The van der Waals surface area contributed by atoms with E-state index in [-0.39, 0.29) is 0 Å². The van der Waals surface area contributed by atoms with Gasteiger partial charge in [0.2, 0.25) is 10.0 Å². The van der Waals surface area contributed by atoms with Crippen LogP contribution < -0.4 is 0 Å². The first-order chi connectivity index (χ1) is 9.12. The molecule has 0 bridgehead atoms. The van der Waals surface area contributed by atoms with Gasteiger partial charge in [-0.15, -0.1) is 0 Å². The van der Waals surface area contributed by atoms with Crippen molar-refractivity contribution in [3.63, 3.8) is 0 Å². The summed E-state index contributed by atoms with van der Waals surface area (Å²) >= 11 is 1.71. The Labute approximate surface area is 120 Å². The van der Waals surface area contributed by atoms with Crippen LogP contribution in [0.15, 0.2) is 16.8 Å². The van der Waals surface area contributed by atoms with E-state index in [1.54, 1.807) is 15.6 Å². The summed E-state index contributed by atoms with van der Waals surface area (Å²) in [6, 6.07) is 2.13. The predicted molar refractivity (Wildman–Crippen MR) is 79.9 cm³/mol. The molecule has 2 heterocycles. The molecule has 6 heteroatoms. The molecule has 1 aliphatic heterocycles. The SMILES string of the molecule is CCCCS(=O)(=O)N1CCN(Cc2ccsc2)CC1. The second-order valence-electron chi connectivity index (χ2n) is 4.98. The van der Waals surface area contributed by atoms with Crippen molar-refractivity contribution in [2.75, 3.05) is 31.9 Å². The second kappa shape index (κ2) is 6.83. The van der Waals surface area contributed by atoms with Crippen LogP contribution >= 0.6 is 11.3 Å². The lowest BCUT2D eigenvalue weighted by molar-refractivity contribution is 0.182.